The van der Waals surface area contributed by atoms with Crippen molar-refractivity contribution in [2.24, 2.45) is 0 Å². The fourth-order valence-electron chi connectivity index (χ4n) is 1.71. The van der Waals surface area contributed by atoms with Gasteiger partial charge in [-0.25, -0.2) is 4.98 Å². The van der Waals surface area contributed by atoms with Crippen molar-refractivity contribution < 1.29 is 5.11 Å². The van der Waals surface area contributed by atoms with Gasteiger partial charge in [-0.1, -0.05) is 28.1 Å². The number of hydrogen-bond acceptors (Lipinski definition) is 3. The van der Waals surface area contributed by atoms with E-state index in [1.165, 1.54) is 5.56 Å². The molecule has 1 aromatic heterocycles. The van der Waals surface area contributed by atoms with Crippen molar-refractivity contribution >= 4 is 27.3 Å². The third kappa shape index (κ3) is 3.15. The topological polar surface area (TPSA) is 33.1 Å². The van der Waals surface area contributed by atoms with Crippen LogP contribution in [0.25, 0.3) is 0 Å². The fourth-order valence-corrected chi connectivity index (χ4v) is 3.01. The van der Waals surface area contributed by atoms with E-state index >= 15 is 0 Å². The molecule has 2 nitrogen and oxygen atoms in total. The molecule has 4 heteroatoms. The fraction of sp³-hybridized carbons (Fsp3) is 0.308. The lowest BCUT2D eigenvalue weighted by Gasteiger charge is -1.99. The van der Waals surface area contributed by atoms with Gasteiger partial charge in [0.15, 0.2) is 0 Å². The molecule has 0 bridgehead atoms. The van der Waals surface area contributed by atoms with Crippen molar-refractivity contribution in [1.29, 1.82) is 0 Å². The summed E-state index contributed by atoms with van der Waals surface area (Å²) in [7, 11) is 0. The standard InChI is InChI=1S/C13H14BrNOS/c1-8-13(9(2)16)17-12(15-8)7-10-3-5-11(14)6-4-10/h3-6,9,16H,7H2,1-2H3. The molecule has 2 aromatic rings. The van der Waals surface area contributed by atoms with Crippen LogP contribution in [0.5, 0.6) is 0 Å². The molecule has 90 valence electrons. The number of aliphatic hydroxyl groups is 1. The lowest BCUT2D eigenvalue weighted by Crippen LogP contribution is -1.89. The zero-order valence-corrected chi connectivity index (χ0v) is 12.2. The zero-order valence-electron chi connectivity index (χ0n) is 9.77. The molecule has 0 spiro atoms. The number of nitrogens with zero attached hydrogens (tertiary/aromatic N) is 1. The van der Waals surface area contributed by atoms with Crippen LogP contribution in [0.1, 0.15) is 34.2 Å². The molecule has 0 aliphatic rings. The lowest BCUT2D eigenvalue weighted by molar-refractivity contribution is 0.202. The zero-order chi connectivity index (χ0) is 12.4. The van der Waals surface area contributed by atoms with Crippen molar-refractivity contribution in [1.82, 2.24) is 4.98 Å². The van der Waals surface area contributed by atoms with Gasteiger partial charge in [0.25, 0.3) is 0 Å². The second kappa shape index (κ2) is 5.29. The molecular weight excluding hydrogens is 298 g/mol. The molecule has 0 saturated heterocycles. The smallest absolute Gasteiger partial charge is 0.0975 e. The first-order valence-electron chi connectivity index (χ1n) is 5.45. The van der Waals surface area contributed by atoms with Crippen LogP contribution >= 0.6 is 27.3 Å². The monoisotopic (exact) mass is 311 g/mol. The summed E-state index contributed by atoms with van der Waals surface area (Å²) >= 11 is 5.01. The first-order chi connectivity index (χ1) is 8.06. The predicted molar refractivity (Wildman–Crippen MR) is 74.4 cm³/mol. The third-order valence-electron chi connectivity index (χ3n) is 2.52. The van der Waals surface area contributed by atoms with Gasteiger partial charge in [-0.05, 0) is 31.5 Å². The number of aliphatic hydroxyl groups excluding tert-OH is 1. The van der Waals surface area contributed by atoms with Gasteiger partial charge in [-0.15, -0.1) is 11.3 Å². The third-order valence-corrected chi connectivity index (χ3v) is 4.38. The van der Waals surface area contributed by atoms with Gasteiger partial charge in [0.05, 0.1) is 21.7 Å². The minimum atomic E-state index is -0.425. The number of rotatable bonds is 3. The highest BCUT2D eigenvalue weighted by atomic mass is 79.9. The summed E-state index contributed by atoms with van der Waals surface area (Å²) in [4.78, 5) is 5.47. The first-order valence-corrected chi connectivity index (χ1v) is 7.06. The number of aromatic nitrogens is 1. The molecule has 1 atom stereocenters. The largest absolute Gasteiger partial charge is 0.388 e. The van der Waals surface area contributed by atoms with Crippen molar-refractivity contribution in [3.05, 3.63) is 49.9 Å². The normalized spacial score (nSPS) is 12.7. The van der Waals surface area contributed by atoms with Crippen LogP contribution in [0, 0.1) is 6.92 Å². The van der Waals surface area contributed by atoms with Crippen LogP contribution in [0.15, 0.2) is 28.7 Å². The summed E-state index contributed by atoms with van der Waals surface area (Å²) in [6, 6.07) is 8.24. The number of benzene rings is 1. The number of aryl methyl sites for hydroxylation is 1. The molecule has 17 heavy (non-hydrogen) atoms. The Morgan fingerprint density at radius 1 is 1.35 bits per heavy atom. The van der Waals surface area contributed by atoms with Gasteiger partial charge in [0, 0.05) is 10.9 Å². The Morgan fingerprint density at radius 3 is 2.53 bits per heavy atom. The van der Waals surface area contributed by atoms with E-state index in [0.717, 1.165) is 26.5 Å². The van der Waals surface area contributed by atoms with E-state index < -0.39 is 6.10 Å². The molecule has 0 amide bonds. The summed E-state index contributed by atoms with van der Waals surface area (Å²) in [5.74, 6) is 0. The van der Waals surface area contributed by atoms with Crippen LogP contribution in [-0.2, 0) is 6.42 Å². The van der Waals surface area contributed by atoms with Crippen molar-refractivity contribution in [2.45, 2.75) is 26.4 Å². The van der Waals surface area contributed by atoms with E-state index in [1.807, 2.05) is 19.1 Å². The van der Waals surface area contributed by atoms with Crippen LogP contribution in [0.2, 0.25) is 0 Å². The Bertz CT molecular complexity index is 505. The highest BCUT2D eigenvalue weighted by Crippen LogP contribution is 2.26. The first kappa shape index (κ1) is 12.7. The minimum absolute atomic E-state index is 0.425. The van der Waals surface area contributed by atoms with E-state index in [9.17, 15) is 5.11 Å². The predicted octanol–water partition coefficient (Wildman–Crippen LogP) is 3.86. The Morgan fingerprint density at radius 2 is 2.00 bits per heavy atom. The number of thiazole rings is 1. The summed E-state index contributed by atoms with van der Waals surface area (Å²) in [5, 5.41) is 10.6. The molecular formula is C13H14BrNOS. The molecule has 1 unspecified atom stereocenters. The molecule has 1 aromatic carbocycles. The van der Waals surface area contributed by atoms with Crippen LogP contribution < -0.4 is 0 Å². The van der Waals surface area contributed by atoms with E-state index in [4.69, 9.17) is 0 Å². The van der Waals surface area contributed by atoms with Crippen LogP contribution in [0.3, 0.4) is 0 Å². The van der Waals surface area contributed by atoms with Gasteiger partial charge >= 0.3 is 0 Å². The van der Waals surface area contributed by atoms with Crippen LogP contribution in [-0.4, -0.2) is 10.1 Å². The SMILES string of the molecule is Cc1nc(Cc2ccc(Br)cc2)sc1C(C)O. The Labute approximate surface area is 113 Å². The lowest BCUT2D eigenvalue weighted by atomic mass is 10.2. The molecule has 1 N–H and O–H groups in total. The van der Waals surface area contributed by atoms with Crippen molar-refractivity contribution in [3.8, 4) is 0 Å². The van der Waals surface area contributed by atoms with E-state index in [0.29, 0.717) is 0 Å². The minimum Gasteiger partial charge on any atom is -0.388 e. The van der Waals surface area contributed by atoms with Gasteiger partial charge < -0.3 is 5.11 Å². The van der Waals surface area contributed by atoms with Gasteiger partial charge in [0.2, 0.25) is 0 Å². The number of hydrogen-bond donors (Lipinski definition) is 1. The van der Waals surface area contributed by atoms with Gasteiger partial charge in [-0.3, -0.25) is 0 Å². The second-order valence-corrected chi connectivity index (χ2v) is 6.07. The molecule has 0 aliphatic carbocycles. The Kier molecular flexibility index (Phi) is 3.97. The molecule has 0 aliphatic heterocycles. The maximum Gasteiger partial charge on any atom is 0.0975 e. The summed E-state index contributed by atoms with van der Waals surface area (Å²) in [6.07, 6.45) is 0.400. The molecule has 0 radical (unpaired) electrons. The van der Waals surface area contributed by atoms with Gasteiger partial charge in [0.1, 0.15) is 0 Å². The van der Waals surface area contributed by atoms with E-state index in [2.05, 4.69) is 33.0 Å². The van der Waals surface area contributed by atoms with E-state index in [1.54, 1.807) is 18.3 Å². The second-order valence-electron chi connectivity index (χ2n) is 4.04. The Balaban J connectivity index is 2.19. The average molecular weight is 312 g/mol. The molecule has 1 heterocycles. The maximum atomic E-state index is 9.58. The summed E-state index contributed by atoms with van der Waals surface area (Å²) in [5.41, 5.74) is 2.18. The molecule has 2 rings (SSSR count). The Hall–Kier alpha value is -0.710. The molecule has 0 saturated carbocycles. The van der Waals surface area contributed by atoms with Crippen LogP contribution in [0.4, 0.5) is 0 Å². The number of halogens is 1. The quantitative estimate of drug-likeness (QED) is 0.933. The highest BCUT2D eigenvalue weighted by Gasteiger charge is 2.12. The summed E-state index contributed by atoms with van der Waals surface area (Å²) in [6.45, 7) is 3.73. The maximum absolute atomic E-state index is 9.58. The highest BCUT2D eigenvalue weighted by molar-refractivity contribution is 9.10. The van der Waals surface area contributed by atoms with E-state index in [-0.39, 0.29) is 0 Å². The van der Waals surface area contributed by atoms with Gasteiger partial charge in [-0.2, -0.15) is 0 Å². The van der Waals surface area contributed by atoms with Crippen molar-refractivity contribution in [2.75, 3.05) is 0 Å². The molecule has 0 fully saturated rings. The average Bonchev–Trinajstić information content (AvgIpc) is 2.63. The van der Waals surface area contributed by atoms with Crippen molar-refractivity contribution in [3.63, 3.8) is 0 Å². The summed E-state index contributed by atoms with van der Waals surface area (Å²) < 4.78 is 1.08.